The Hall–Kier alpha value is -4.24. The molecule has 1 fully saturated rings. The van der Waals surface area contributed by atoms with Crippen LogP contribution in [0.3, 0.4) is 0 Å². The lowest BCUT2D eigenvalue weighted by atomic mass is 10.0. The van der Waals surface area contributed by atoms with Crippen LogP contribution < -0.4 is 10.4 Å². The van der Waals surface area contributed by atoms with Gasteiger partial charge in [-0.3, -0.25) is 9.63 Å². The Labute approximate surface area is 205 Å². The number of alkyl halides is 3. The van der Waals surface area contributed by atoms with Crippen molar-refractivity contribution in [1.82, 2.24) is 9.97 Å². The van der Waals surface area contributed by atoms with E-state index in [2.05, 4.69) is 15.3 Å². The fraction of sp³-hybridized carbons (Fsp3) is 0.148. The maximum atomic E-state index is 13.8. The zero-order chi connectivity index (χ0) is 25.1. The van der Waals surface area contributed by atoms with E-state index in [4.69, 9.17) is 4.84 Å². The van der Waals surface area contributed by atoms with E-state index in [-0.39, 0.29) is 24.2 Å². The molecule has 0 spiro atoms. The monoisotopic (exact) mass is 490 g/mol. The number of benzene rings is 3. The van der Waals surface area contributed by atoms with Crippen LogP contribution in [0.1, 0.15) is 39.5 Å². The molecule has 182 valence electrons. The van der Waals surface area contributed by atoms with E-state index in [1.807, 2.05) is 36.4 Å². The van der Waals surface area contributed by atoms with Crippen LogP contribution in [0.2, 0.25) is 0 Å². The van der Waals surface area contributed by atoms with Gasteiger partial charge in [-0.2, -0.15) is 18.2 Å². The number of hydrogen-bond acceptors (Lipinski definition) is 6. The summed E-state index contributed by atoms with van der Waals surface area (Å²) in [6, 6.07) is 24.2. The van der Waals surface area contributed by atoms with Crippen molar-refractivity contribution in [2.45, 2.75) is 18.6 Å². The van der Waals surface area contributed by atoms with Crippen LogP contribution in [-0.2, 0) is 11.0 Å². The summed E-state index contributed by atoms with van der Waals surface area (Å²) >= 11 is 0. The van der Waals surface area contributed by atoms with Gasteiger partial charge >= 0.3 is 6.18 Å². The van der Waals surface area contributed by atoms with Crippen LogP contribution in [0.4, 0.5) is 30.6 Å². The van der Waals surface area contributed by atoms with Gasteiger partial charge in [0, 0.05) is 29.4 Å². The second-order valence-electron chi connectivity index (χ2n) is 8.20. The summed E-state index contributed by atoms with van der Waals surface area (Å²) in [5, 5.41) is 4.14. The summed E-state index contributed by atoms with van der Waals surface area (Å²) in [5.41, 5.74) is 1.41. The second-order valence-corrected chi connectivity index (χ2v) is 8.20. The molecule has 1 saturated heterocycles. The Morgan fingerprint density at radius 3 is 2.22 bits per heavy atom. The highest BCUT2D eigenvalue weighted by Gasteiger charge is 2.40. The Morgan fingerprint density at radius 1 is 0.917 bits per heavy atom. The third kappa shape index (κ3) is 4.92. The van der Waals surface area contributed by atoms with Gasteiger partial charge in [-0.05, 0) is 29.8 Å². The normalized spacial score (nSPS) is 15.6. The maximum Gasteiger partial charge on any atom is 0.421 e. The van der Waals surface area contributed by atoms with Crippen molar-refractivity contribution < 1.29 is 22.8 Å². The van der Waals surface area contributed by atoms with Crippen LogP contribution >= 0.6 is 0 Å². The number of hydroxylamine groups is 1. The molecule has 1 N–H and O–H groups in total. The predicted octanol–water partition coefficient (Wildman–Crippen LogP) is 6.35. The zero-order valence-electron chi connectivity index (χ0n) is 18.9. The Morgan fingerprint density at radius 2 is 1.56 bits per heavy atom. The molecule has 1 aliphatic heterocycles. The summed E-state index contributed by atoms with van der Waals surface area (Å²) in [6.07, 6.45) is -3.40. The van der Waals surface area contributed by atoms with Crippen LogP contribution in [-0.4, -0.2) is 22.4 Å². The molecule has 0 aliphatic carbocycles. The summed E-state index contributed by atoms with van der Waals surface area (Å²) in [6.45, 7) is 0.264. The van der Waals surface area contributed by atoms with E-state index in [0.717, 1.165) is 11.8 Å². The summed E-state index contributed by atoms with van der Waals surface area (Å²) < 4.78 is 41.5. The minimum atomic E-state index is -4.67. The van der Waals surface area contributed by atoms with Gasteiger partial charge in [0.2, 0.25) is 5.95 Å². The maximum absolute atomic E-state index is 13.8. The largest absolute Gasteiger partial charge is 0.421 e. The highest BCUT2D eigenvalue weighted by atomic mass is 19.4. The number of hydrogen-bond donors (Lipinski definition) is 1. The van der Waals surface area contributed by atoms with Gasteiger partial charge in [0.05, 0.1) is 12.6 Å². The molecule has 2 heterocycles. The van der Waals surface area contributed by atoms with Crippen molar-refractivity contribution in [2.24, 2.45) is 0 Å². The van der Waals surface area contributed by atoms with Crippen molar-refractivity contribution >= 4 is 23.2 Å². The Bertz CT molecular complexity index is 1350. The van der Waals surface area contributed by atoms with E-state index in [9.17, 15) is 18.0 Å². The van der Waals surface area contributed by atoms with Crippen LogP contribution in [0.15, 0.2) is 91.1 Å². The van der Waals surface area contributed by atoms with Crippen LogP contribution in [0.5, 0.6) is 0 Å². The highest BCUT2D eigenvalue weighted by molar-refractivity contribution is 6.09. The third-order valence-corrected chi connectivity index (χ3v) is 5.81. The summed E-state index contributed by atoms with van der Waals surface area (Å²) in [4.78, 5) is 26.3. The van der Waals surface area contributed by atoms with E-state index in [1.165, 1.54) is 5.06 Å². The lowest BCUT2D eigenvalue weighted by Gasteiger charge is -2.26. The van der Waals surface area contributed by atoms with Crippen LogP contribution in [0, 0.1) is 0 Å². The first-order valence-electron chi connectivity index (χ1n) is 11.3. The van der Waals surface area contributed by atoms with E-state index >= 15 is 0 Å². The molecule has 0 radical (unpaired) electrons. The predicted molar refractivity (Wildman–Crippen MR) is 129 cm³/mol. The second kappa shape index (κ2) is 9.79. The lowest BCUT2D eigenvalue weighted by Crippen LogP contribution is -2.26. The average Bonchev–Trinajstić information content (AvgIpc) is 3.39. The number of rotatable bonds is 6. The third-order valence-electron chi connectivity index (χ3n) is 5.81. The molecule has 1 atom stereocenters. The van der Waals surface area contributed by atoms with Gasteiger partial charge in [0.15, 0.2) is 11.6 Å². The molecular weight excluding hydrogens is 469 g/mol. The van der Waals surface area contributed by atoms with Gasteiger partial charge in [-0.25, -0.2) is 10.0 Å². The molecule has 6 nitrogen and oxygen atoms in total. The standard InChI is InChI=1S/C27H21F3N4O2/c28-27(29,30)22-17-31-26(33-25(22)34-23(15-16-36-34)18-7-3-1-4-8-18)32-21-13-11-20(12-14-21)24(35)19-9-5-2-6-10-19/h1-14,17,23H,15-16H2,(H,31,32,33). The smallest absolute Gasteiger partial charge is 0.324 e. The van der Waals surface area contributed by atoms with Crippen molar-refractivity contribution in [3.05, 3.63) is 113 Å². The first kappa shape index (κ1) is 23.5. The van der Waals surface area contributed by atoms with Crippen molar-refractivity contribution in [2.75, 3.05) is 17.0 Å². The number of nitrogens with one attached hydrogen (secondary N) is 1. The zero-order valence-corrected chi connectivity index (χ0v) is 18.9. The minimum Gasteiger partial charge on any atom is -0.324 e. The van der Waals surface area contributed by atoms with Crippen molar-refractivity contribution in [1.29, 1.82) is 0 Å². The number of halogens is 3. The van der Waals surface area contributed by atoms with E-state index in [1.54, 1.807) is 48.5 Å². The number of aromatic nitrogens is 2. The molecule has 1 aliphatic rings. The fourth-order valence-corrected chi connectivity index (χ4v) is 4.05. The number of carbonyl (C=O) groups excluding carboxylic acids is 1. The molecule has 0 bridgehead atoms. The van der Waals surface area contributed by atoms with Gasteiger partial charge in [0.25, 0.3) is 0 Å². The van der Waals surface area contributed by atoms with Gasteiger partial charge in [-0.1, -0.05) is 60.7 Å². The molecule has 0 amide bonds. The minimum absolute atomic E-state index is 0.0255. The molecule has 5 rings (SSSR count). The molecule has 1 aromatic heterocycles. The van der Waals surface area contributed by atoms with E-state index < -0.39 is 17.8 Å². The first-order valence-corrected chi connectivity index (χ1v) is 11.3. The molecule has 1 unspecified atom stereocenters. The molecule has 9 heteroatoms. The Balaban J connectivity index is 1.42. The molecule has 4 aromatic rings. The van der Waals surface area contributed by atoms with Gasteiger partial charge < -0.3 is 5.32 Å². The number of anilines is 3. The summed E-state index contributed by atoms with van der Waals surface area (Å²) in [7, 11) is 0. The quantitative estimate of drug-likeness (QED) is 0.318. The molecular formula is C27H21F3N4O2. The Kier molecular flexibility index (Phi) is 6.39. The van der Waals surface area contributed by atoms with Gasteiger partial charge in [-0.15, -0.1) is 0 Å². The van der Waals surface area contributed by atoms with Crippen molar-refractivity contribution in [3.63, 3.8) is 0 Å². The topological polar surface area (TPSA) is 67.4 Å². The first-order chi connectivity index (χ1) is 17.4. The molecule has 36 heavy (non-hydrogen) atoms. The van der Waals surface area contributed by atoms with Crippen molar-refractivity contribution in [3.8, 4) is 0 Å². The highest BCUT2D eigenvalue weighted by Crippen LogP contribution is 2.41. The van der Waals surface area contributed by atoms with E-state index in [0.29, 0.717) is 23.2 Å². The number of carbonyl (C=O) groups is 1. The number of ketones is 1. The molecule has 0 saturated carbocycles. The molecule has 3 aromatic carbocycles. The van der Waals surface area contributed by atoms with Gasteiger partial charge in [0.1, 0.15) is 5.56 Å². The number of nitrogens with zero attached hydrogens (tertiary/aromatic N) is 3. The lowest BCUT2D eigenvalue weighted by molar-refractivity contribution is -0.138. The summed E-state index contributed by atoms with van der Waals surface area (Å²) in [5.74, 6) is -0.516. The average molecular weight is 490 g/mol. The SMILES string of the molecule is O=C(c1ccccc1)c1ccc(Nc2ncc(C(F)(F)F)c(N3OCCC3c3ccccc3)n2)cc1. The van der Waals surface area contributed by atoms with Crippen LogP contribution in [0.25, 0.3) is 0 Å². The fourth-order valence-electron chi connectivity index (χ4n) is 4.05.